The molecule has 14 atom stereocenters. The Hall–Kier alpha value is -3.42. The number of esters is 1. The van der Waals surface area contributed by atoms with Crippen LogP contribution >= 0.6 is 33.9 Å². The molecule has 378 valence electrons. The number of cyclic esters (lactones) is 1. The number of pyridine rings is 1. The van der Waals surface area contributed by atoms with Crippen LogP contribution in [0, 0.1) is 23.7 Å². The Morgan fingerprint density at radius 2 is 1.84 bits per heavy atom. The van der Waals surface area contributed by atoms with Gasteiger partial charge in [0.2, 0.25) is 11.8 Å². The number of rotatable bonds is 11. The van der Waals surface area contributed by atoms with Crippen molar-refractivity contribution in [3.8, 4) is 10.7 Å². The summed E-state index contributed by atoms with van der Waals surface area (Å²) < 4.78 is 41.0. The third kappa shape index (κ3) is 12.9. The van der Waals surface area contributed by atoms with Crippen LogP contribution in [0.1, 0.15) is 107 Å². The van der Waals surface area contributed by atoms with Gasteiger partial charge in [0.1, 0.15) is 28.2 Å². The Morgan fingerprint density at radius 1 is 1.13 bits per heavy atom. The fourth-order valence-electron chi connectivity index (χ4n) is 9.28. The summed E-state index contributed by atoms with van der Waals surface area (Å²) in [5, 5.41) is 33.8. The summed E-state index contributed by atoms with van der Waals surface area (Å²) in [5.74, 6) is -6.55. The van der Waals surface area contributed by atoms with E-state index in [1.807, 2.05) is 46.7 Å². The van der Waals surface area contributed by atoms with E-state index in [1.54, 1.807) is 60.0 Å². The minimum absolute atomic E-state index is 0.0287. The van der Waals surface area contributed by atoms with Gasteiger partial charge in [0.25, 0.3) is 5.67 Å². The summed E-state index contributed by atoms with van der Waals surface area (Å²) in [5.41, 5.74) is 1.10. The molecule has 2 bridgehead atoms. The van der Waals surface area contributed by atoms with Gasteiger partial charge in [-0.15, -0.1) is 11.3 Å². The zero-order valence-electron chi connectivity index (χ0n) is 40.9. The van der Waals surface area contributed by atoms with E-state index in [4.69, 9.17) is 29.5 Å². The van der Waals surface area contributed by atoms with Gasteiger partial charge in [-0.2, -0.15) is 0 Å². The predicted molar refractivity (Wildman–Crippen MR) is 263 cm³/mol. The first kappa shape index (κ1) is 55.5. The average Bonchev–Trinajstić information content (AvgIpc) is 3.76. The van der Waals surface area contributed by atoms with Crippen LogP contribution < -0.4 is 11.1 Å². The van der Waals surface area contributed by atoms with Crippen LogP contribution in [0.4, 0.5) is 10.2 Å². The standard InChI is InChI=1S/C47H69FIN7O11S/c1-12-31(50)40(60)53-34-16-14-15-32(52-34)41-51-29(23-68-41)22-64-55-28-17-18-30-26(5)36(54-35(57)13-2)24(3)20-45(7,63-21-28)39(66-42-37(58)33(56(10)11)19-25(4)65-42)27(6)38(59)46(8,48)44(61)67-43(49)47(30,9)62/h14-16,23-27,30-31,33,37,39,42-43,58,62H,12-13,17-22,50H2,1-11H3,(H,52,53,60)/b54-36+,55-28+/t24-,25-,26-,27+,30-,31+,33+,37-,39-,42+,43+,45-,46+,47+/m1/s1. The first-order valence-electron chi connectivity index (χ1n) is 23.2. The van der Waals surface area contributed by atoms with Crippen molar-refractivity contribution < 1.29 is 57.6 Å². The van der Waals surface area contributed by atoms with Gasteiger partial charge in [-0.1, -0.05) is 45.8 Å². The van der Waals surface area contributed by atoms with Crippen LogP contribution in [-0.4, -0.2) is 138 Å². The molecular weight excluding hydrogens is 1020 g/mol. The Bertz CT molecular complexity index is 2180. The Balaban J connectivity index is 1.60. The van der Waals surface area contributed by atoms with Crippen molar-refractivity contribution >= 4 is 74.7 Å². The largest absolute Gasteiger partial charge is 0.446 e. The number of ketones is 1. The SMILES string of the molecule is CCC(=O)/N=C1\[C@H](C)C[C@@]2(C)OC/C(=N/OCc3csc(-c4cccc(NC(=O)[C@@H](N)CC)n4)n3)CC[C@H]([C@H]1C)[C@](C)(O)[C@@H](I)OC(=O)[C@@](C)(F)C(=O)[C@H](C)[C@H]2O[C@@H]1O[C@H](C)C[C@H](N(C)C)[C@H]1O. The number of likely N-dealkylation sites (N-methyl/N-ethyl adjacent to an activating group) is 1. The number of oxime groups is 1. The zero-order valence-corrected chi connectivity index (χ0v) is 43.8. The van der Waals surface area contributed by atoms with Crippen molar-refractivity contribution in [1.29, 1.82) is 0 Å². The normalized spacial score (nSPS) is 36.1. The number of aliphatic hydroxyl groups is 2. The molecule has 18 nitrogen and oxygen atoms in total. The van der Waals surface area contributed by atoms with Crippen LogP contribution in [0.25, 0.3) is 10.7 Å². The van der Waals surface area contributed by atoms with Gasteiger partial charge < -0.3 is 49.9 Å². The third-order valence-electron chi connectivity index (χ3n) is 13.4. The number of nitrogens with zero attached hydrogens (tertiary/aromatic N) is 5. The summed E-state index contributed by atoms with van der Waals surface area (Å²) >= 11 is 3.06. The molecule has 3 aliphatic heterocycles. The van der Waals surface area contributed by atoms with Crippen molar-refractivity contribution in [2.45, 2.75) is 165 Å². The van der Waals surface area contributed by atoms with Crippen molar-refractivity contribution in [2.24, 2.45) is 39.6 Å². The number of fused-ring (bicyclic) bond motifs is 5. The van der Waals surface area contributed by atoms with Crippen LogP contribution in [-0.2, 0) is 49.6 Å². The molecule has 3 saturated heterocycles. The van der Waals surface area contributed by atoms with Crippen LogP contribution in [0.15, 0.2) is 33.7 Å². The lowest BCUT2D eigenvalue weighted by Gasteiger charge is -2.47. The molecule has 3 aliphatic rings. The first-order valence-corrected chi connectivity index (χ1v) is 25.3. The predicted octanol–water partition coefficient (Wildman–Crippen LogP) is 5.79. The highest BCUT2D eigenvalue weighted by molar-refractivity contribution is 14.1. The number of halogens is 2. The number of aromatic nitrogens is 2. The van der Waals surface area contributed by atoms with Crippen LogP contribution in [0.5, 0.6) is 0 Å². The molecule has 5 rings (SSSR count). The van der Waals surface area contributed by atoms with E-state index in [0.29, 0.717) is 46.5 Å². The topological polar surface area (TPSA) is 247 Å². The molecule has 5 heterocycles. The summed E-state index contributed by atoms with van der Waals surface area (Å²) in [6.45, 7) is 14.2. The lowest BCUT2D eigenvalue weighted by atomic mass is 9.70. The summed E-state index contributed by atoms with van der Waals surface area (Å²) in [7, 11) is 3.64. The molecule has 0 unspecified atom stereocenters. The monoisotopic (exact) mass is 1090 g/mol. The number of nitrogens with one attached hydrogen (secondary N) is 1. The molecule has 3 fully saturated rings. The Morgan fingerprint density at radius 3 is 2.50 bits per heavy atom. The summed E-state index contributed by atoms with van der Waals surface area (Å²) in [4.78, 5) is 75.6. The number of thiazole rings is 1. The highest BCUT2D eigenvalue weighted by atomic mass is 127. The number of amides is 2. The smallest absolute Gasteiger partial charge is 0.352 e. The zero-order chi connectivity index (χ0) is 50.5. The van der Waals surface area contributed by atoms with Gasteiger partial charge >= 0.3 is 5.97 Å². The Labute approximate surface area is 415 Å². The van der Waals surface area contributed by atoms with Gasteiger partial charge in [-0.25, -0.2) is 24.1 Å². The Kier molecular flexibility index (Phi) is 18.9. The number of aliphatic imine (C=N–C) groups is 1. The number of carbonyl (C=O) groups excluding carboxylic acids is 4. The molecule has 2 amide bonds. The number of ether oxygens (including phenoxy) is 4. The number of Topliss-reactive ketones (excluding diaryl/α,β-unsaturated/α-hetero) is 1. The van der Waals surface area contributed by atoms with Gasteiger partial charge in [-0.05, 0) is 120 Å². The molecule has 2 aromatic rings. The van der Waals surface area contributed by atoms with E-state index in [2.05, 4.69) is 25.4 Å². The second-order valence-corrected chi connectivity index (χ2v) is 21.1. The minimum atomic E-state index is -3.21. The average molecular weight is 1090 g/mol. The molecule has 5 N–H and O–H groups in total. The number of hydrogen-bond donors (Lipinski definition) is 4. The molecular formula is C47H69FIN7O11S. The van der Waals surface area contributed by atoms with E-state index >= 15 is 4.39 Å². The second-order valence-electron chi connectivity index (χ2n) is 19.1. The minimum Gasteiger partial charge on any atom is -0.446 e. The fourth-order valence-corrected chi connectivity index (χ4v) is 10.7. The van der Waals surface area contributed by atoms with Crippen molar-refractivity contribution in [3.05, 3.63) is 29.3 Å². The van der Waals surface area contributed by atoms with E-state index in [1.165, 1.54) is 25.2 Å². The number of hydrogen-bond acceptors (Lipinski definition) is 17. The molecule has 21 heteroatoms. The molecule has 0 radical (unpaired) electrons. The van der Waals surface area contributed by atoms with Crippen molar-refractivity contribution in [1.82, 2.24) is 14.9 Å². The summed E-state index contributed by atoms with van der Waals surface area (Å²) in [6, 6.07) is 4.09. The number of anilines is 1. The molecule has 0 aliphatic carbocycles. The molecule has 0 spiro atoms. The highest BCUT2D eigenvalue weighted by Crippen LogP contribution is 2.44. The van der Waals surface area contributed by atoms with Gasteiger partial charge in [0.05, 0.1) is 41.9 Å². The van der Waals surface area contributed by atoms with E-state index in [9.17, 15) is 29.4 Å². The van der Waals surface area contributed by atoms with E-state index in [-0.39, 0.29) is 44.8 Å². The molecule has 0 aromatic carbocycles. The van der Waals surface area contributed by atoms with Crippen LogP contribution in [0.2, 0.25) is 0 Å². The summed E-state index contributed by atoms with van der Waals surface area (Å²) in [6.07, 6.45) is -2.93. The second kappa shape index (κ2) is 23.2. The number of carbonyl (C=O) groups is 4. The number of aliphatic hydroxyl groups excluding tert-OH is 1. The van der Waals surface area contributed by atoms with Gasteiger partial charge in [-0.3, -0.25) is 14.4 Å². The maximum absolute atomic E-state index is 16.9. The van der Waals surface area contributed by atoms with Crippen molar-refractivity contribution in [3.63, 3.8) is 0 Å². The van der Waals surface area contributed by atoms with E-state index in [0.717, 1.165) is 6.92 Å². The number of nitrogens with two attached hydrogens (primary N) is 1. The molecule has 0 saturated carbocycles. The van der Waals surface area contributed by atoms with Crippen molar-refractivity contribution in [2.75, 3.05) is 26.0 Å². The lowest BCUT2D eigenvalue weighted by molar-refractivity contribution is -0.296. The lowest BCUT2D eigenvalue weighted by Crippen LogP contribution is -2.61. The quantitative estimate of drug-likeness (QED) is 0.0684. The fraction of sp³-hybridized carbons (Fsp3) is 0.702. The maximum atomic E-state index is 16.9. The highest BCUT2D eigenvalue weighted by Gasteiger charge is 2.56. The third-order valence-corrected chi connectivity index (χ3v) is 15.8. The molecule has 2 aromatic heterocycles. The first-order chi connectivity index (χ1) is 31.8. The van der Waals surface area contributed by atoms with Gasteiger partial charge in [0.15, 0.2) is 22.8 Å². The maximum Gasteiger partial charge on any atom is 0.352 e. The molecule has 68 heavy (non-hydrogen) atoms. The van der Waals surface area contributed by atoms with E-state index < -0.39 is 99.0 Å². The number of alkyl halides is 2. The van der Waals surface area contributed by atoms with Crippen LogP contribution in [0.3, 0.4) is 0 Å². The van der Waals surface area contributed by atoms with Gasteiger partial charge in [0, 0.05) is 35.4 Å².